The molecule has 0 aromatic heterocycles. The molecular formula is C26H29BrClNO2. The molecule has 3 rings (SSSR count). The minimum absolute atomic E-state index is 0.412. The van der Waals surface area contributed by atoms with Crippen LogP contribution in [0.4, 0.5) is 0 Å². The zero-order valence-electron chi connectivity index (χ0n) is 18.0. The van der Waals surface area contributed by atoms with Crippen LogP contribution in [0.5, 0.6) is 11.5 Å². The second-order valence-electron chi connectivity index (χ2n) is 7.56. The van der Waals surface area contributed by atoms with Crippen molar-refractivity contribution < 1.29 is 9.47 Å². The molecule has 0 heterocycles. The number of rotatable bonds is 11. The molecular weight excluding hydrogens is 474 g/mol. The summed E-state index contributed by atoms with van der Waals surface area (Å²) < 4.78 is 12.8. The number of benzene rings is 3. The summed E-state index contributed by atoms with van der Waals surface area (Å²) in [6, 6.07) is 22.8. The zero-order valence-corrected chi connectivity index (χ0v) is 20.4. The number of ether oxygens (including phenoxy) is 2. The van der Waals surface area contributed by atoms with Gasteiger partial charge in [-0.25, -0.2) is 0 Å². The lowest BCUT2D eigenvalue weighted by atomic mass is 10.1. The van der Waals surface area contributed by atoms with E-state index in [-0.39, 0.29) is 0 Å². The first kappa shape index (κ1) is 23.6. The first-order valence-electron chi connectivity index (χ1n) is 10.6. The highest BCUT2D eigenvalue weighted by atomic mass is 79.9. The Hall–Kier alpha value is -2.01. The number of hydrogen-bond donors (Lipinski definition) is 1. The predicted molar refractivity (Wildman–Crippen MR) is 132 cm³/mol. The van der Waals surface area contributed by atoms with Crippen LogP contribution in [0, 0.1) is 0 Å². The summed E-state index contributed by atoms with van der Waals surface area (Å²) in [5.74, 6) is 1.47. The summed E-state index contributed by atoms with van der Waals surface area (Å²) >= 11 is 9.63. The fourth-order valence-corrected chi connectivity index (χ4v) is 4.01. The minimum Gasteiger partial charge on any atom is -0.490 e. The SMILES string of the molecule is CCOc1cc(CN[C@H](C)CCc2ccccc2)cc(Br)c1OCc1ccc(Cl)cc1. The Labute approximate surface area is 198 Å². The lowest BCUT2D eigenvalue weighted by Gasteiger charge is -2.18. The number of aryl methyl sites for hydroxylation is 1. The highest BCUT2D eigenvalue weighted by molar-refractivity contribution is 9.10. The van der Waals surface area contributed by atoms with Crippen LogP contribution in [-0.4, -0.2) is 12.6 Å². The molecule has 1 N–H and O–H groups in total. The molecule has 0 amide bonds. The first-order chi connectivity index (χ1) is 15.0. The van der Waals surface area contributed by atoms with Crippen molar-refractivity contribution in [2.75, 3.05) is 6.61 Å². The van der Waals surface area contributed by atoms with Gasteiger partial charge >= 0.3 is 0 Å². The maximum atomic E-state index is 6.08. The predicted octanol–water partition coefficient (Wildman–Crippen LogP) is 7.19. The number of hydrogen-bond acceptors (Lipinski definition) is 3. The second-order valence-corrected chi connectivity index (χ2v) is 8.85. The van der Waals surface area contributed by atoms with Gasteiger partial charge in [-0.1, -0.05) is 54.1 Å². The van der Waals surface area contributed by atoms with Crippen LogP contribution in [0.3, 0.4) is 0 Å². The van der Waals surface area contributed by atoms with Gasteiger partial charge in [0, 0.05) is 17.6 Å². The van der Waals surface area contributed by atoms with E-state index < -0.39 is 0 Å². The molecule has 0 aliphatic rings. The van der Waals surface area contributed by atoms with Crippen LogP contribution < -0.4 is 14.8 Å². The van der Waals surface area contributed by atoms with Crippen molar-refractivity contribution in [1.82, 2.24) is 5.32 Å². The Bertz CT molecular complexity index is 948. The topological polar surface area (TPSA) is 30.5 Å². The van der Waals surface area contributed by atoms with Crippen molar-refractivity contribution >= 4 is 27.5 Å². The fourth-order valence-electron chi connectivity index (χ4n) is 3.28. The van der Waals surface area contributed by atoms with Gasteiger partial charge < -0.3 is 14.8 Å². The van der Waals surface area contributed by atoms with Crippen LogP contribution in [0.2, 0.25) is 5.02 Å². The Balaban J connectivity index is 1.60. The normalized spacial score (nSPS) is 11.9. The Morgan fingerprint density at radius 3 is 2.39 bits per heavy atom. The van der Waals surface area contributed by atoms with Gasteiger partial charge in [0.05, 0.1) is 11.1 Å². The molecule has 1 atom stereocenters. The Morgan fingerprint density at radius 2 is 1.68 bits per heavy atom. The molecule has 3 aromatic rings. The first-order valence-corrected chi connectivity index (χ1v) is 11.8. The molecule has 0 aliphatic carbocycles. The van der Waals surface area contributed by atoms with E-state index in [1.807, 2.05) is 31.2 Å². The third-order valence-corrected chi connectivity index (χ3v) is 5.87. The summed E-state index contributed by atoms with van der Waals surface area (Å²) in [4.78, 5) is 0. The van der Waals surface area contributed by atoms with Gasteiger partial charge in [-0.15, -0.1) is 0 Å². The molecule has 5 heteroatoms. The van der Waals surface area contributed by atoms with Crippen LogP contribution in [0.15, 0.2) is 71.2 Å². The smallest absolute Gasteiger partial charge is 0.175 e. The highest BCUT2D eigenvalue weighted by Crippen LogP contribution is 2.37. The maximum Gasteiger partial charge on any atom is 0.175 e. The number of nitrogens with one attached hydrogen (secondary N) is 1. The van der Waals surface area contributed by atoms with Gasteiger partial charge in [0.15, 0.2) is 11.5 Å². The van der Waals surface area contributed by atoms with Crippen molar-refractivity contribution in [3.63, 3.8) is 0 Å². The minimum atomic E-state index is 0.412. The van der Waals surface area contributed by atoms with E-state index in [0.717, 1.165) is 51.5 Å². The third-order valence-electron chi connectivity index (χ3n) is 5.03. The molecule has 0 aliphatic heterocycles. The molecule has 0 spiro atoms. The van der Waals surface area contributed by atoms with Gasteiger partial charge in [-0.2, -0.15) is 0 Å². The average Bonchev–Trinajstić information content (AvgIpc) is 2.78. The van der Waals surface area contributed by atoms with E-state index in [0.29, 0.717) is 19.3 Å². The maximum absolute atomic E-state index is 6.08. The van der Waals surface area contributed by atoms with Gasteiger partial charge in [0.1, 0.15) is 6.61 Å². The summed E-state index contributed by atoms with van der Waals surface area (Å²) in [5.41, 5.74) is 3.58. The Kier molecular flexibility index (Phi) is 9.26. The van der Waals surface area contributed by atoms with Gasteiger partial charge in [0.25, 0.3) is 0 Å². The van der Waals surface area contributed by atoms with Crippen molar-refractivity contribution in [1.29, 1.82) is 0 Å². The largest absolute Gasteiger partial charge is 0.490 e. The van der Waals surface area contributed by atoms with E-state index in [1.165, 1.54) is 5.56 Å². The summed E-state index contributed by atoms with van der Waals surface area (Å²) in [6.45, 7) is 6.00. The second kappa shape index (κ2) is 12.1. The van der Waals surface area contributed by atoms with Crippen molar-refractivity contribution in [3.8, 4) is 11.5 Å². The molecule has 31 heavy (non-hydrogen) atoms. The van der Waals surface area contributed by atoms with E-state index >= 15 is 0 Å². The molecule has 3 nitrogen and oxygen atoms in total. The van der Waals surface area contributed by atoms with E-state index in [4.69, 9.17) is 21.1 Å². The molecule has 0 fully saturated rings. The quantitative estimate of drug-likeness (QED) is 0.301. The summed E-state index contributed by atoms with van der Waals surface area (Å²) in [5, 5.41) is 4.34. The van der Waals surface area contributed by atoms with Crippen molar-refractivity contribution in [3.05, 3.63) is 92.9 Å². The monoisotopic (exact) mass is 501 g/mol. The van der Waals surface area contributed by atoms with Crippen molar-refractivity contribution in [2.24, 2.45) is 0 Å². The summed E-state index contributed by atoms with van der Waals surface area (Å²) in [7, 11) is 0. The summed E-state index contributed by atoms with van der Waals surface area (Å²) in [6.07, 6.45) is 2.16. The van der Waals surface area contributed by atoms with E-state index in [1.54, 1.807) is 0 Å². The molecule has 0 radical (unpaired) electrons. The van der Waals surface area contributed by atoms with Gasteiger partial charge in [0.2, 0.25) is 0 Å². The zero-order chi connectivity index (χ0) is 22.1. The molecule has 0 saturated heterocycles. The lowest BCUT2D eigenvalue weighted by Crippen LogP contribution is -2.26. The Morgan fingerprint density at radius 1 is 0.935 bits per heavy atom. The third kappa shape index (κ3) is 7.57. The van der Waals surface area contributed by atoms with Crippen LogP contribution >= 0.6 is 27.5 Å². The van der Waals surface area contributed by atoms with E-state index in [9.17, 15) is 0 Å². The molecule has 0 saturated carbocycles. The average molecular weight is 503 g/mol. The van der Waals surface area contributed by atoms with Crippen LogP contribution in [0.1, 0.15) is 37.0 Å². The lowest BCUT2D eigenvalue weighted by molar-refractivity contribution is 0.267. The molecule has 0 unspecified atom stereocenters. The molecule has 0 bridgehead atoms. The van der Waals surface area contributed by atoms with Gasteiger partial charge in [-0.3, -0.25) is 0 Å². The highest BCUT2D eigenvalue weighted by Gasteiger charge is 2.13. The molecule has 164 valence electrons. The standard InChI is InChI=1S/C26H29BrClNO2/c1-3-30-25-16-22(17-29-19(2)9-10-20-7-5-4-6-8-20)15-24(27)26(25)31-18-21-11-13-23(28)14-12-21/h4-8,11-16,19,29H,3,9-10,17-18H2,1-2H3/t19-/m1/s1. The van der Waals surface area contributed by atoms with E-state index in [2.05, 4.69) is 70.6 Å². The molecule has 3 aromatic carbocycles. The fraction of sp³-hybridized carbons (Fsp3) is 0.308. The van der Waals surface area contributed by atoms with Crippen LogP contribution in [0.25, 0.3) is 0 Å². The number of halogens is 2. The van der Waals surface area contributed by atoms with Crippen LogP contribution in [-0.2, 0) is 19.6 Å². The van der Waals surface area contributed by atoms with Crippen molar-refractivity contribution in [2.45, 2.75) is 45.9 Å². The van der Waals surface area contributed by atoms with Gasteiger partial charge in [-0.05, 0) is 83.6 Å².